The molecule has 106 valence electrons. The van der Waals surface area contributed by atoms with Crippen LogP contribution in [0.5, 0.6) is 0 Å². The van der Waals surface area contributed by atoms with Gasteiger partial charge >= 0.3 is 0 Å². The SMILES string of the molecule is CC1CCC(NS(=O)(=O)c2ncccc2F)C(C)C1. The lowest BCUT2D eigenvalue weighted by Gasteiger charge is -2.32. The number of hydrogen-bond donors (Lipinski definition) is 1. The fraction of sp³-hybridized carbons (Fsp3) is 0.615. The third kappa shape index (κ3) is 3.30. The average Bonchev–Trinajstić information content (AvgIpc) is 2.33. The van der Waals surface area contributed by atoms with Crippen molar-refractivity contribution in [1.29, 1.82) is 0 Å². The van der Waals surface area contributed by atoms with Crippen LogP contribution in [0, 0.1) is 17.7 Å². The Morgan fingerprint density at radius 2 is 2.11 bits per heavy atom. The van der Waals surface area contributed by atoms with Crippen molar-refractivity contribution >= 4 is 10.0 Å². The van der Waals surface area contributed by atoms with Crippen molar-refractivity contribution in [1.82, 2.24) is 9.71 Å². The van der Waals surface area contributed by atoms with Crippen molar-refractivity contribution in [2.75, 3.05) is 0 Å². The Morgan fingerprint density at radius 3 is 2.74 bits per heavy atom. The Hall–Kier alpha value is -1.01. The highest BCUT2D eigenvalue weighted by molar-refractivity contribution is 7.89. The van der Waals surface area contributed by atoms with Crippen molar-refractivity contribution in [3.63, 3.8) is 0 Å². The maximum atomic E-state index is 13.5. The molecule has 3 atom stereocenters. The van der Waals surface area contributed by atoms with Gasteiger partial charge < -0.3 is 0 Å². The van der Waals surface area contributed by atoms with Crippen LogP contribution in [0.15, 0.2) is 23.4 Å². The highest BCUT2D eigenvalue weighted by atomic mass is 32.2. The van der Waals surface area contributed by atoms with Crippen LogP contribution in [0.25, 0.3) is 0 Å². The summed E-state index contributed by atoms with van der Waals surface area (Å²) < 4.78 is 40.4. The number of sulfonamides is 1. The second-order valence-electron chi connectivity index (χ2n) is 5.41. The van der Waals surface area contributed by atoms with Crippen LogP contribution in [0.1, 0.15) is 33.1 Å². The Morgan fingerprint density at radius 1 is 1.37 bits per heavy atom. The van der Waals surface area contributed by atoms with Crippen LogP contribution in [-0.2, 0) is 10.0 Å². The molecule has 1 saturated carbocycles. The number of hydrogen-bond acceptors (Lipinski definition) is 3. The molecule has 4 nitrogen and oxygen atoms in total. The van der Waals surface area contributed by atoms with Gasteiger partial charge in [-0.1, -0.05) is 13.8 Å². The van der Waals surface area contributed by atoms with Gasteiger partial charge in [0.2, 0.25) is 5.03 Å². The van der Waals surface area contributed by atoms with Gasteiger partial charge in [0.25, 0.3) is 10.0 Å². The van der Waals surface area contributed by atoms with E-state index in [1.807, 2.05) is 6.92 Å². The Labute approximate surface area is 113 Å². The van der Waals surface area contributed by atoms with E-state index in [4.69, 9.17) is 0 Å². The molecule has 1 N–H and O–H groups in total. The predicted molar refractivity (Wildman–Crippen MR) is 70.5 cm³/mol. The molecule has 3 unspecified atom stereocenters. The summed E-state index contributed by atoms with van der Waals surface area (Å²) in [6, 6.07) is 2.34. The second kappa shape index (κ2) is 5.54. The largest absolute Gasteiger partial charge is 0.261 e. The van der Waals surface area contributed by atoms with E-state index in [1.54, 1.807) is 0 Å². The van der Waals surface area contributed by atoms with E-state index in [2.05, 4.69) is 16.6 Å². The van der Waals surface area contributed by atoms with E-state index in [-0.39, 0.29) is 12.0 Å². The number of aromatic nitrogens is 1. The van der Waals surface area contributed by atoms with Gasteiger partial charge in [-0.05, 0) is 43.2 Å². The molecule has 0 saturated heterocycles. The fourth-order valence-corrected chi connectivity index (χ4v) is 4.05. The molecule has 2 rings (SSSR count). The summed E-state index contributed by atoms with van der Waals surface area (Å²) in [4.78, 5) is 3.63. The molecule has 0 aliphatic heterocycles. The molecule has 1 aliphatic rings. The minimum atomic E-state index is -3.88. The molecular weight excluding hydrogens is 267 g/mol. The van der Waals surface area contributed by atoms with Gasteiger partial charge in [-0.2, -0.15) is 0 Å². The number of rotatable bonds is 3. The lowest BCUT2D eigenvalue weighted by Crippen LogP contribution is -2.42. The molecule has 19 heavy (non-hydrogen) atoms. The zero-order chi connectivity index (χ0) is 14.0. The van der Waals surface area contributed by atoms with Crippen molar-refractivity contribution in [2.24, 2.45) is 11.8 Å². The molecule has 0 amide bonds. The molecule has 1 fully saturated rings. The third-order valence-electron chi connectivity index (χ3n) is 3.72. The van der Waals surface area contributed by atoms with Crippen LogP contribution in [0.4, 0.5) is 4.39 Å². The summed E-state index contributed by atoms with van der Waals surface area (Å²) in [5.74, 6) is 0.0551. The number of nitrogens with zero attached hydrogens (tertiary/aromatic N) is 1. The van der Waals surface area contributed by atoms with Crippen molar-refractivity contribution in [2.45, 2.75) is 44.2 Å². The van der Waals surface area contributed by atoms with Gasteiger partial charge in [0, 0.05) is 12.2 Å². The monoisotopic (exact) mass is 286 g/mol. The highest BCUT2D eigenvalue weighted by Gasteiger charge is 2.31. The van der Waals surface area contributed by atoms with Crippen LogP contribution in [0.3, 0.4) is 0 Å². The molecule has 6 heteroatoms. The van der Waals surface area contributed by atoms with Gasteiger partial charge in [0.15, 0.2) is 5.82 Å². The van der Waals surface area contributed by atoms with Crippen LogP contribution in [0.2, 0.25) is 0 Å². The Balaban J connectivity index is 2.16. The van der Waals surface area contributed by atoms with Gasteiger partial charge in [0.1, 0.15) is 0 Å². The first-order chi connectivity index (χ1) is 8.90. The topological polar surface area (TPSA) is 59.1 Å². The molecule has 1 aromatic rings. The van der Waals surface area contributed by atoms with E-state index in [1.165, 1.54) is 12.3 Å². The molecule has 1 aromatic heterocycles. The number of pyridine rings is 1. The average molecular weight is 286 g/mol. The summed E-state index contributed by atoms with van der Waals surface area (Å²) in [5.41, 5.74) is 0. The zero-order valence-electron chi connectivity index (χ0n) is 11.1. The molecule has 0 radical (unpaired) electrons. The van der Waals surface area contributed by atoms with Gasteiger partial charge in [0.05, 0.1) is 0 Å². The van der Waals surface area contributed by atoms with Gasteiger partial charge in [-0.25, -0.2) is 22.5 Å². The first-order valence-corrected chi connectivity index (χ1v) is 8.01. The normalized spacial score (nSPS) is 28.3. The summed E-state index contributed by atoms with van der Waals surface area (Å²) in [6.07, 6.45) is 4.04. The number of nitrogens with one attached hydrogen (secondary N) is 1. The molecule has 1 aliphatic carbocycles. The summed E-state index contributed by atoms with van der Waals surface area (Å²) >= 11 is 0. The Bertz CT molecular complexity index is 547. The zero-order valence-corrected chi connectivity index (χ0v) is 12.0. The summed E-state index contributed by atoms with van der Waals surface area (Å²) in [6.45, 7) is 4.19. The molecule has 0 aromatic carbocycles. The second-order valence-corrected chi connectivity index (χ2v) is 7.04. The smallest absolute Gasteiger partial charge is 0.241 e. The molecular formula is C13H19FN2O2S. The van der Waals surface area contributed by atoms with Crippen LogP contribution >= 0.6 is 0 Å². The first kappa shape index (κ1) is 14.4. The maximum absolute atomic E-state index is 13.5. The van der Waals surface area contributed by atoms with E-state index in [0.29, 0.717) is 5.92 Å². The standard InChI is InChI=1S/C13H19FN2O2S/c1-9-5-6-12(10(2)8-9)16-19(17,18)13-11(14)4-3-7-15-13/h3-4,7,9-10,12,16H,5-6,8H2,1-2H3. The predicted octanol–water partition coefficient (Wildman–Crippen LogP) is 2.32. The first-order valence-electron chi connectivity index (χ1n) is 6.53. The van der Waals surface area contributed by atoms with E-state index >= 15 is 0 Å². The molecule has 0 bridgehead atoms. The summed E-state index contributed by atoms with van der Waals surface area (Å²) in [5, 5.41) is -0.513. The van der Waals surface area contributed by atoms with E-state index < -0.39 is 20.9 Å². The Kier molecular flexibility index (Phi) is 4.20. The van der Waals surface area contributed by atoms with Crippen molar-refractivity contribution in [3.8, 4) is 0 Å². The highest BCUT2D eigenvalue weighted by Crippen LogP contribution is 2.29. The molecule has 0 spiro atoms. The van der Waals surface area contributed by atoms with Gasteiger partial charge in [-0.3, -0.25) is 0 Å². The van der Waals surface area contributed by atoms with Gasteiger partial charge in [-0.15, -0.1) is 0 Å². The van der Waals surface area contributed by atoms with Crippen LogP contribution in [-0.4, -0.2) is 19.4 Å². The summed E-state index contributed by atoms with van der Waals surface area (Å²) in [7, 11) is -3.88. The quantitative estimate of drug-likeness (QED) is 0.927. The van der Waals surface area contributed by atoms with Crippen molar-refractivity contribution in [3.05, 3.63) is 24.1 Å². The minimum Gasteiger partial charge on any atom is -0.241 e. The third-order valence-corrected chi connectivity index (χ3v) is 5.14. The van der Waals surface area contributed by atoms with E-state index in [0.717, 1.165) is 25.3 Å². The minimum absolute atomic E-state index is 0.136. The fourth-order valence-electron chi connectivity index (χ4n) is 2.66. The molecule has 1 heterocycles. The lowest BCUT2D eigenvalue weighted by molar-refractivity contribution is 0.249. The number of halogens is 1. The lowest BCUT2D eigenvalue weighted by atomic mass is 9.80. The maximum Gasteiger partial charge on any atom is 0.261 e. The van der Waals surface area contributed by atoms with E-state index in [9.17, 15) is 12.8 Å². The van der Waals surface area contributed by atoms with Crippen LogP contribution < -0.4 is 4.72 Å². The van der Waals surface area contributed by atoms with Crippen molar-refractivity contribution < 1.29 is 12.8 Å².